The normalized spacial score (nSPS) is 10.6. The molecular weight excluding hydrogens is 220 g/mol. The third-order valence-corrected chi connectivity index (χ3v) is 2.45. The number of methoxy groups -OCH3 is 1. The van der Waals surface area contributed by atoms with Gasteiger partial charge in [0.15, 0.2) is 0 Å². The highest BCUT2D eigenvalue weighted by Gasteiger charge is 2.13. The zero-order valence-corrected chi connectivity index (χ0v) is 10.4. The Bertz CT molecular complexity index is 385. The van der Waals surface area contributed by atoms with Crippen molar-refractivity contribution in [2.75, 3.05) is 20.3 Å². The third kappa shape index (κ3) is 3.75. The van der Waals surface area contributed by atoms with Crippen molar-refractivity contribution in [1.82, 2.24) is 0 Å². The van der Waals surface area contributed by atoms with Crippen LogP contribution in [0.3, 0.4) is 0 Å². The first kappa shape index (κ1) is 13.5. The van der Waals surface area contributed by atoms with Gasteiger partial charge in [-0.2, -0.15) is 0 Å². The number of hydrogen-bond acceptors (Lipinski definition) is 3. The van der Waals surface area contributed by atoms with E-state index in [1.54, 1.807) is 19.2 Å². The first-order valence-corrected chi connectivity index (χ1v) is 5.55. The van der Waals surface area contributed by atoms with Crippen molar-refractivity contribution in [3.8, 4) is 5.75 Å². The Morgan fingerprint density at radius 3 is 2.59 bits per heavy atom. The quantitative estimate of drug-likeness (QED) is 0.774. The second-order valence-electron chi connectivity index (χ2n) is 4.06. The van der Waals surface area contributed by atoms with E-state index in [0.29, 0.717) is 24.9 Å². The van der Waals surface area contributed by atoms with Crippen molar-refractivity contribution in [2.45, 2.75) is 19.8 Å². The molecule has 0 bridgehead atoms. The van der Waals surface area contributed by atoms with E-state index in [9.17, 15) is 4.79 Å². The number of benzene rings is 1. The van der Waals surface area contributed by atoms with E-state index >= 15 is 0 Å². The van der Waals surface area contributed by atoms with Crippen LogP contribution in [0.4, 0.5) is 0 Å². The van der Waals surface area contributed by atoms with Crippen LogP contribution in [0.2, 0.25) is 0 Å². The summed E-state index contributed by atoms with van der Waals surface area (Å²) in [6, 6.07) is 5.18. The molecule has 17 heavy (non-hydrogen) atoms. The van der Waals surface area contributed by atoms with Crippen LogP contribution in [-0.2, 0) is 4.74 Å². The van der Waals surface area contributed by atoms with Gasteiger partial charge >= 0.3 is 5.97 Å². The van der Waals surface area contributed by atoms with E-state index in [1.165, 1.54) is 0 Å². The van der Waals surface area contributed by atoms with Crippen LogP contribution in [-0.4, -0.2) is 31.4 Å². The summed E-state index contributed by atoms with van der Waals surface area (Å²) in [7, 11) is 1.58. The lowest BCUT2D eigenvalue weighted by atomic mass is 10.0. The number of carboxylic acid groups (broad SMARTS) is 1. The van der Waals surface area contributed by atoms with Crippen LogP contribution < -0.4 is 4.74 Å². The summed E-state index contributed by atoms with van der Waals surface area (Å²) in [6.07, 6.45) is 0. The largest absolute Gasteiger partial charge is 0.490 e. The van der Waals surface area contributed by atoms with Crippen LogP contribution in [0.1, 0.15) is 35.7 Å². The van der Waals surface area contributed by atoms with Crippen molar-refractivity contribution in [3.05, 3.63) is 29.3 Å². The minimum Gasteiger partial charge on any atom is -0.490 e. The number of rotatable bonds is 6. The summed E-state index contributed by atoms with van der Waals surface area (Å²) >= 11 is 0. The van der Waals surface area contributed by atoms with E-state index in [-0.39, 0.29) is 5.56 Å². The highest BCUT2D eigenvalue weighted by molar-refractivity contribution is 5.91. The van der Waals surface area contributed by atoms with Gasteiger partial charge in [0.2, 0.25) is 0 Å². The fraction of sp³-hybridized carbons (Fsp3) is 0.462. The van der Waals surface area contributed by atoms with Crippen LogP contribution in [0, 0.1) is 0 Å². The summed E-state index contributed by atoms with van der Waals surface area (Å²) in [4.78, 5) is 11.0. The summed E-state index contributed by atoms with van der Waals surface area (Å²) in [5.41, 5.74) is 1.24. The molecule has 0 atom stereocenters. The van der Waals surface area contributed by atoms with Crippen molar-refractivity contribution in [3.63, 3.8) is 0 Å². The Labute approximate surface area is 101 Å². The maximum absolute atomic E-state index is 11.0. The smallest absolute Gasteiger partial charge is 0.339 e. The molecule has 0 aliphatic rings. The molecule has 0 heterocycles. The molecule has 1 rings (SSSR count). The Morgan fingerprint density at radius 2 is 2.06 bits per heavy atom. The average molecular weight is 238 g/mol. The fourth-order valence-corrected chi connectivity index (χ4v) is 1.43. The fourth-order valence-electron chi connectivity index (χ4n) is 1.43. The molecule has 4 nitrogen and oxygen atoms in total. The van der Waals surface area contributed by atoms with Crippen LogP contribution in [0.15, 0.2) is 18.2 Å². The van der Waals surface area contributed by atoms with Gasteiger partial charge in [0, 0.05) is 7.11 Å². The van der Waals surface area contributed by atoms with Crippen LogP contribution in [0.25, 0.3) is 0 Å². The first-order chi connectivity index (χ1) is 8.06. The van der Waals surface area contributed by atoms with Gasteiger partial charge in [-0.05, 0) is 23.6 Å². The molecular formula is C13H18O4. The molecule has 0 amide bonds. The monoisotopic (exact) mass is 238 g/mol. The van der Waals surface area contributed by atoms with E-state index in [2.05, 4.69) is 13.8 Å². The average Bonchev–Trinajstić information content (AvgIpc) is 2.28. The predicted molar refractivity (Wildman–Crippen MR) is 64.9 cm³/mol. The number of ether oxygens (including phenoxy) is 2. The highest BCUT2D eigenvalue weighted by atomic mass is 16.5. The Balaban J connectivity index is 2.94. The van der Waals surface area contributed by atoms with Gasteiger partial charge in [0.05, 0.1) is 6.61 Å². The maximum atomic E-state index is 11.0. The molecule has 0 unspecified atom stereocenters. The molecule has 0 aliphatic heterocycles. The molecule has 0 radical (unpaired) electrons. The SMILES string of the molecule is COCCOc1cc(C(C)C)ccc1C(=O)O. The molecule has 0 saturated carbocycles. The molecule has 0 fully saturated rings. The molecule has 1 N–H and O–H groups in total. The molecule has 0 aliphatic carbocycles. The summed E-state index contributed by atoms with van der Waals surface area (Å²) in [5.74, 6) is -0.240. The highest BCUT2D eigenvalue weighted by Crippen LogP contribution is 2.25. The summed E-state index contributed by atoms with van der Waals surface area (Å²) in [6.45, 7) is 4.88. The Hall–Kier alpha value is -1.55. The zero-order chi connectivity index (χ0) is 12.8. The van der Waals surface area contributed by atoms with Gasteiger partial charge < -0.3 is 14.6 Å². The molecule has 94 valence electrons. The topological polar surface area (TPSA) is 55.8 Å². The van der Waals surface area contributed by atoms with Gasteiger partial charge in [-0.25, -0.2) is 4.79 Å². The van der Waals surface area contributed by atoms with Gasteiger partial charge in [-0.15, -0.1) is 0 Å². The standard InChI is InChI=1S/C13H18O4/c1-9(2)10-4-5-11(13(14)15)12(8-10)17-7-6-16-3/h4-5,8-9H,6-7H2,1-3H3,(H,14,15). The summed E-state index contributed by atoms with van der Waals surface area (Å²) < 4.78 is 10.3. The van der Waals surface area contributed by atoms with Gasteiger partial charge in [0.25, 0.3) is 0 Å². The van der Waals surface area contributed by atoms with Gasteiger partial charge in [-0.1, -0.05) is 19.9 Å². The van der Waals surface area contributed by atoms with E-state index in [1.807, 2.05) is 6.07 Å². The first-order valence-electron chi connectivity index (χ1n) is 5.55. The lowest BCUT2D eigenvalue weighted by Crippen LogP contribution is -2.09. The molecule has 0 saturated heterocycles. The zero-order valence-electron chi connectivity index (χ0n) is 10.4. The van der Waals surface area contributed by atoms with Gasteiger partial charge in [-0.3, -0.25) is 0 Å². The van der Waals surface area contributed by atoms with E-state index in [0.717, 1.165) is 5.56 Å². The third-order valence-electron chi connectivity index (χ3n) is 2.45. The molecule has 0 aromatic heterocycles. The van der Waals surface area contributed by atoms with Crippen LogP contribution >= 0.6 is 0 Å². The molecule has 4 heteroatoms. The number of hydrogen-bond donors (Lipinski definition) is 1. The van der Waals surface area contributed by atoms with E-state index < -0.39 is 5.97 Å². The van der Waals surface area contributed by atoms with Crippen molar-refractivity contribution in [2.24, 2.45) is 0 Å². The molecule has 1 aromatic rings. The maximum Gasteiger partial charge on any atom is 0.339 e. The minimum absolute atomic E-state index is 0.186. The van der Waals surface area contributed by atoms with Crippen molar-refractivity contribution >= 4 is 5.97 Å². The number of aromatic carboxylic acids is 1. The van der Waals surface area contributed by atoms with E-state index in [4.69, 9.17) is 14.6 Å². The Kier molecular flexibility index (Phi) is 4.97. The van der Waals surface area contributed by atoms with Crippen molar-refractivity contribution < 1.29 is 19.4 Å². The summed E-state index contributed by atoms with van der Waals surface area (Å²) in [5, 5.41) is 9.04. The molecule has 1 aromatic carbocycles. The van der Waals surface area contributed by atoms with Gasteiger partial charge in [0.1, 0.15) is 17.9 Å². The lowest BCUT2D eigenvalue weighted by Gasteiger charge is -2.12. The van der Waals surface area contributed by atoms with Crippen LogP contribution in [0.5, 0.6) is 5.75 Å². The lowest BCUT2D eigenvalue weighted by molar-refractivity contribution is 0.0689. The number of carbonyl (C=O) groups is 1. The Morgan fingerprint density at radius 1 is 1.35 bits per heavy atom. The predicted octanol–water partition coefficient (Wildman–Crippen LogP) is 2.53. The molecule has 0 spiro atoms. The number of carboxylic acids is 1. The van der Waals surface area contributed by atoms with Crippen molar-refractivity contribution in [1.29, 1.82) is 0 Å². The minimum atomic E-state index is -0.979. The second-order valence-corrected chi connectivity index (χ2v) is 4.06. The second kappa shape index (κ2) is 6.25.